The van der Waals surface area contributed by atoms with Crippen LogP contribution in [0.5, 0.6) is 11.5 Å². The summed E-state index contributed by atoms with van der Waals surface area (Å²) in [5.74, 6) is 0.0890. The third-order valence-corrected chi connectivity index (χ3v) is 7.45. The maximum atomic E-state index is 13.3. The molecule has 36 heavy (non-hydrogen) atoms. The highest BCUT2D eigenvalue weighted by Crippen LogP contribution is 2.52. The Hall–Kier alpha value is -3.62. The molecule has 3 aromatic rings. The van der Waals surface area contributed by atoms with Crippen molar-refractivity contribution in [2.45, 2.75) is 31.0 Å². The highest BCUT2D eigenvalue weighted by molar-refractivity contribution is 6.31. The van der Waals surface area contributed by atoms with E-state index in [9.17, 15) is 14.9 Å². The summed E-state index contributed by atoms with van der Waals surface area (Å²) >= 11 is 6.26. The van der Waals surface area contributed by atoms with E-state index in [2.05, 4.69) is 5.32 Å². The molecular formula is C27H26ClN3O5. The fourth-order valence-corrected chi connectivity index (χ4v) is 5.68. The summed E-state index contributed by atoms with van der Waals surface area (Å²) in [6, 6.07) is 18.8. The number of ether oxygens (including phenoxy) is 2. The molecule has 0 unspecified atom stereocenters. The number of para-hydroxylation sites is 1. The number of nitrogens with one attached hydrogen (secondary N) is 1. The van der Waals surface area contributed by atoms with Crippen molar-refractivity contribution in [3.63, 3.8) is 0 Å². The van der Waals surface area contributed by atoms with Gasteiger partial charge in [-0.1, -0.05) is 54.1 Å². The lowest BCUT2D eigenvalue weighted by atomic mass is 9.79. The van der Waals surface area contributed by atoms with Crippen molar-refractivity contribution in [1.82, 2.24) is 4.90 Å². The molecule has 5 rings (SSSR count). The summed E-state index contributed by atoms with van der Waals surface area (Å²) in [6.45, 7) is 2.85. The highest BCUT2D eigenvalue weighted by atomic mass is 35.5. The van der Waals surface area contributed by atoms with Crippen LogP contribution in [0.15, 0.2) is 66.7 Å². The minimum atomic E-state index is -1.39. The van der Waals surface area contributed by atoms with Gasteiger partial charge in [0.15, 0.2) is 17.0 Å². The fourth-order valence-electron chi connectivity index (χ4n) is 5.49. The Labute approximate surface area is 213 Å². The van der Waals surface area contributed by atoms with Crippen LogP contribution < -0.4 is 14.8 Å². The van der Waals surface area contributed by atoms with Gasteiger partial charge in [0, 0.05) is 33.3 Å². The molecule has 3 aromatic carbocycles. The topological polar surface area (TPSA) is 93.9 Å². The van der Waals surface area contributed by atoms with E-state index in [1.165, 1.54) is 0 Å². The Morgan fingerprint density at radius 1 is 1.11 bits per heavy atom. The van der Waals surface area contributed by atoms with Crippen LogP contribution in [-0.2, 0) is 16.9 Å². The van der Waals surface area contributed by atoms with Gasteiger partial charge in [0.25, 0.3) is 11.9 Å². The molecule has 3 atom stereocenters. The molecule has 0 bridgehead atoms. The normalized spacial score (nSPS) is 22.9. The van der Waals surface area contributed by atoms with Gasteiger partial charge in [-0.25, -0.2) is 0 Å². The van der Waals surface area contributed by atoms with E-state index in [-0.39, 0.29) is 17.4 Å². The number of likely N-dealkylation sites (N-methyl/N-ethyl adjacent to an activating group) is 1. The van der Waals surface area contributed by atoms with E-state index in [0.717, 1.165) is 5.56 Å². The van der Waals surface area contributed by atoms with Crippen molar-refractivity contribution in [2.24, 2.45) is 0 Å². The molecule has 2 aliphatic rings. The molecule has 9 heteroatoms. The average molecular weight is 508 g/mol. The van der Waals surface area contributed by atoms with E-state index in [1.807, 2.05) is 31.2 Å². The molecule has 1 fully saturated rings. The zero-order valence-corrected chi connectivity index (χ0v) is 20.7. The minimum absolute atomic E-state index is 0.253. The number of nitro groups is 1. The Kier molecular flexibility index (Phi) is 6.32. The third kappa shape index (κ3) is 3.77. The van der Waals surface area contributed by atoms with Crippen LogP contribution >= 0.6 is 11.6 Å². The number of nitrogens with zero attached hydrogens (tertiary/aromatic N) is 2. The van der Waals surface area contributed by atoms with Crippen LogP contribution in [-0.4, -0.2) is 42.0 Å². The summed E-state index contributed by atoms with van der Waals surface area (Å²) in [6.07, 6.45) is 0. The first kappa shape index (κ1) is 24.1. The smallest absolute Gasteiger partial charge is 0.256 e. The highest BCUT2D eigenvalue weighted by Gasteiger charge is 2.68. The van der Waals surface area contributed by atoms with Crippen LogP contribution in [0.25, 0.3) is 0 Å². The first-order chi connectivity index (χ1) is 17.4. The van der Waals surface area contributed by atoms with Crippen LogP contribution in [0.3, 0.4) is 0 Å². The summed E-state index contributed by atoms with van der Waals surface area (Å²) in [5.41, 5.74) is 1.40. The third-order valence-electron chi connectivity index (χ3n) is 7.08. The lowest BCUT2D eigenvalue weighted by molar-refractivity contribution is -0.534. The zero-order chi connectivity index (χ0) is 25.4. The maximum absolute atomic E-state index is 13.3. The number of rotatable bonds is 7. The summed E-state index contributed by atoms with van der Waals surface area (Å²) < 4.78 is 11.9. The number of amides is 1. The number of hydrogen-bond acceptors (Lipinski definition) is 6. The number of hydrogen-bond donors (Lipinski definition) is 1. The number of carbonyl (C=O) groups excluding carboxylic acids is 1. The Bertz CT molecular complexity index is 1330. The SMILES string of the molecule is CCOc1cc([C@@H]2CN(C)[C@]3(C(=O)Nc4ccccc43)[C@@H]2[N+](=O)[O-])ccc1OCc1ccccc1Cl. The van der Waals surface area contributed by atoms with E-state index in [4.69, 9.17) is 21.1 Å². The summed E-state index contributed by atoms with van der Waals surface area (Å²) in [4.78, 5) is 27.3. The van der Waals surface area contributed by atoms with Gasteiger partial charge in [0.1, 0.15) is 6.61 Å². The molecule has 0 radical (unpaired) electrons. The predicted molar refractivity (Wildman–Crippen MR) is 136 cm³/mol. The van der Waals surface area contributed by atoms with Crippen molar-refractivity contribution in [1.29, 1.82) is 0 Å². The van der Waals surface area contributed by atoms with Crippen LogP contribution in [0.4, 0.5) is 5.69 Å². The monoisotopic (exact) mass is 507 g/mol. The maximum Gasteiger partial charge on any atom is 0.256 e. The second-order valence-corrected chi connectivity index (χ2v) is 9.41. The molecular weight excluding hydrogens is 482 g/mol. The fraction of sp³-hybridized carbons (Fsp3) is 0.296. The van der Waals surface area contributed by atoms with Crippen molar-refractivity contribution < 1.29 is 19.2 Å². The standard InChI is InChI=1S/C27H26ClN3O5/c1-3-35-24-14-17(12-13-23(24)36-16-18-8-4-6-10-21(18)28)19-15-30(2)27(25(19)31(33)34)20-9-5-7-11-22(20)29-26(27)32/h4-14,19,25H,3,15-16H2,1-2H3,(H,29,32)/t19-,25+,27-/m0/s1. The summed E-state index contributed by atoms with van der Waals surface area (Å²) in [5, 5.41) is 16.0. The number of halogens is 1. The van der Waals surface area contributed by atoms with E-state index < -0.39 is 17.5 Å². The van der Waals surface area contributed by atoms with Gasteiger partial charge in [-0.05, 0) is 43.8 Å². The Morgan fingerprint density at radius 3 is 2.61 bits per heavy atom. The molecule has 1 N–H and O–H groups in total. The molecule has 0 saturated carbocycles. The number of benzene rings is 3. The first-order valence-corrected chi connectivity index (χ1v) is 12.1. The van der Waals surface area contributed by atoms with Gasteiger partial charge in [-0.15, -0.1) is 0 Å². The molecule has 1 saturated heterocycles. The molecule has 1 spiro atoms. The van der Waals surface area contributed by atoms with Crippen molar-refractivity contribution in [3.05, 3.63) is 98.6 Å². The molecule has 0 aliphatic carbocycles. The van der Waals surface area contributed by atoms with Gasteiger partial charge in [0.05, 0.1) is 12.5 Å². The Balaban J connectivity index is 1.51. The molecule has 8 nitrogen and oxygen atoms in total. The first-order valence-electron chi connectivity index (χ1n) is 11.8. The minimum Gasteiger partial charge on any atom is -0.490 e. The molecule has 2 aliphatic heterocycles. The van der Waals surface area contributed by atoms with E-state index in [0.29, 0.717) is 46.5 Å². The average Bonchev–Trinajstić information content (AvgIpc) is 3.34. The van der Waals surface area contributed by atoms with Crippen LogP contribution in [0, 0.1) is 10.1 Å². The van der Waals surface area contributed by atoms with Crippen molar-refractivity contribution in [3.8, 4) is 11.5 Å². The molecule has 186 valence electrons. The van der Waals surface area contributed by atoms with Gasteiger partial charge >= 0.3 is 0 Å². The van der Waals surface area contributed by atoms with Gasteiger partial charge in [0.2, 0.25) is 0 Å². The predicted octanol–water partition coefficient (Wildman–Crippen LogP) is 4.84. The molecule has 2 heterocycles. The van der Waals surface area contributed by atoms with Crippen molar-refractivity contribution >= 4 is 23.2 Å². The lowest BCUT2D eigenvalue weighted by Crippen LogP contribution is -2.54. The second-order valence-electron chi connectivity index (χ2n) is 9.00. The molecule has 0 aromatic heterocycles. The largest absolute Gasteiger partial charge is 0.490 e. The number of anilines is 1. The van der Waals surface area contributed by atoms with Gasteiger partial charge in [-0.2, -0.15) is 0 Å². The zero-order valence-electron chi connectivity index (χ0n) is 19.9. The van der Waals surface area contributed by atoms with Gasteiger partial charge < -0.3 is 14.8 Å². The number of carbonyl (C=O) groups is 1. The lowest BCUT2D eigenvalue weighted by Gasteiger charge is -2.30. The quantitative estimate of drug-likeness (QED) is 0.363. The summed E-state index contributed by atoms with van der Waals surface area (Å²) in [7, 11) is 1.77. The number of likely N-dealkylation sites (tertiary alicyclic amines) is 1. The second kappa shape index (κ2) is 9.44. The van der Waals surface area contributed by atoms with Crippen LogP contribution in [0.1, 0.15) is 29.5 Å². The molecule has 1 amide bonds. The van der Waals surface area contributed by atoms with Crippen molar-refractivity contribution in [2.75, 3.05) is 25.5 Å². The van der Waals surface area contributed by atoms with Crippen LogP contribution in [0.2, 0.25) is 5.02 Å². The van der Waals surface area contributed by atoms with E-state index in [1.54, 1.807) is 54.4 Å². The number of fused-ring (bicyclic) bond motifs is 2. The Morgan fingerprint density at radius 2 is 1.86 bits per heavy atom. The van der Waals surface area contributed by atoms with Gasteiger partial charge in [-0.3, -0.25) is 19.8 Å². The van der Waals surface area contributed by atoms with E-state index >= 15 is 0 Å².